The van der Waals surface area contributed by atoms with E-state index >= 15 is 0 Å². The number of carbonyl (C=O) groups excluding carboxylic acids is 1. The molecule has 0 amide bonds. The number of halogens is 3. The van der Waals surface area contributed by atoms with E-state index in [1.165, 1.54) is 18.3 Å². The molecule has 164 valence electrons. The summed E-state index contributed by atoms with van der Waals surface area (Å²) in [4.78, 5) is 15.8. The molecule has 0 radical (unpaired) electrons. The first-order chi connectivity index (χ1) is 15.4. The zero-order valence-corrected chi connectivity index (χ0v) is 20.3. The van der Waals surface area contributed by atoms with Crippen LogP contribution in [0.3, 0.4) is 0 Å². The number of benzene rings is 2. The quantitative estimate of drug-likeness (QED) is 0.388. The van der Waals surface area contributed by atoms with Gasteiger partial charge < -0.3 is 24.3 Å². The second-order valence-electron chi connectivity index (χ2n) is 7.06. The van der Waals surface area contributed by atoms with Crippen LogP contribution in [0.1, 0.15) is 27.0 Å². The predicted octanol–water partition coefficient (Wildman–Crippen LogP) is 0.455. The molecule has 2 heterocycles. The van der Waals surface area contributed by atoms with Gasteiger partial charge in [0, 0.05) is 51.1 Å². The molecular weight excluding hydrogens is 465 g/mol. The zero-order valence-electron chi connectivity index (χ0n) is 17.5. The summed E-state index contributed by atoms with van der Waals surface area (Å²) in [6.07, 6.45) is 2.94. The summed E-state index contributed by atoms with van der Waals surface area (Å²) in [5.41, 5.74) is 1.44. The van der Waals surface area contributed by atoms with E-state index in [4.69, 9.17) is 16.3 Å². The van der Waals surface area contributed by atoms with E-state index in [0.717, 1.165) is 12.1 Å². The van der Waals surface area contributed by atoms with Crippen LogP contribution in [0.5, 0.6) is 5.75 Å². The summed E-state index contributed by atoms with van der Waals surface area (Å²) in [5.74, 6) is -2.37. The maximum absolute atomic E-state index is 14.0. The molecule has 0 fully saturated rings. The van der Waals surface area contributed by atoms with Crippen molar-refractivity contribution in [1.82, 2.24) is 9.55 Å². The van der Waals surface area contributed by atoms with Crippen LogP contribution in [0.4, 0.5) is 8.78 Å². The summed E-state index contributed by atoms with van der Waals surface area (Å²) in [6.45, 7) is -0.345. The van der Waals surface area contributed by atoms with Crippen LogP contribution in [-0.4, -0.2) is 20.6 Å². The molecular formula is C23H16ClF2N2NaO4. The van der Waals surface area contributed by atoms with E-state index in [-0.39, 0.29) is 59.2 Å². The Labute approximate surface area is 214 Å². The number of aliphatic hydroxyl groups excluding tert-OH is 1. The number of hydrogen-bond acceptors (Lipinski definition) is 5. The van der Waals surface area contributed by atoms with E-state index in [2.05, 4.69) is 4.98 Å². The molecule has 0 atom stereocenters. The van der Waals surface area contributed by atoms with Gasteiger partial charge in [-0.3, -0.25) is 0 Å². The number of carbonyl (C=O) groups is 1. The maximum atomic E-state index is 14.0. The van der Waals surface area contributed by atoms with Gasteiger partial charge in [0.25, 0.3) is 0 Å². The second kappa shape index (κ2) is 10.6. The molecule has 0 aliphatic carbocycles. The first-order valence-corrected chi connectivity index (χ1v) is 9.89. The molecule has 4 aromatic rings. The Balaban J connectivity index is 0.00000306. The largest absolute Gasteiger partial charge is 1.00 e. The van der Waals surface area contributed by atoms with Crippen molar-refractivity contribution in [3.63, 3.8) is 0 Å². The van der Waals surface area contributed by atoms with Crippen LogP contribution in [0, 0.1) is 11.6 Å². The first kappa shape index (κ1) is 25.1. The van der Waals surface area contributed by atoms with Crippen molar-refractivity contribution in [2.24, 2.45) is 0 Å². The van der Waals surface area contributed by atoms with E-state index in [9.17, 15) is 23.8 Å². The van der Waals surface area contributed by atoms with E-state index in [1.807, 2.05) is 0 Å². The third-order valence-corrected chi connectivity index (χ3v) is 5.22. The molecule has 2 aromatic heterocycles. The fourth-order valence-corrected chi connectivity index (χ4v) is 3.69. The maximum Gasteiger partial charge on any atom is 1.00 e. The standard InChI is InChI=1S/C23H17ClF2N2O4.Na/c24-16-2-4-20(32-12-13-1-3-17(25)8-19(13)26)14(7-16)9-28-10-15(11-29)21-18(23(30)31)5-6-27-22(21)28;/h1-8,10,29H,9,11-12H2,(H,30,31);/q;+1/p-1. The normalized spacial score (nSPS) is 10.8. The van der Waals surface area contributed by atoms with Crippen molar-refractivity contribution in [1.29, 1.82) is 0 Å². The predicted molar refractivity (Wildman–Crippen MR) is 111 cm³/mol. The van der Waals surface area contributed by atoms with Gasteiger partial charge in [0.15, 0.2) is 0 Å². The Morgan fingerprint density at radius 3 is 2.61 bits per heavy atom. The number of nitrogens with zero attached hydrogens (tertiary/aromatic N) is 2. The summed E-state index contributed by atoms with van der Waals surface area (Å²) in [6, 6.07) is 9.44. The van der Waals surface area contributed by atoms with Crippen molar-refractivity contribution in [3.05, 3.63) is 93.8 Å². The van der Waals surface area contributed by atoms with Crippen LogP contribution in [0.2, 0.25) is 5.02 Å². The number of carboxylic acid groups (broad SMARTS) is 1. The number of rotatable bonds is 7. The molecule has 33 heavy (non-hydrogen) atoms. The topological polar surface area (TPSA) is 87.4 Å². The number of aliphatic hydroxyl groups is 1. The minimum atomic E-state index is -1.38. The van der Waals surface area contributed by atoms with Crippen LogP contribution in [-0.2, 0) is 19.8 Å². The molecule has 0 saturated carbocycles. The molecule has 10 heteroatoms. The molecule has 0 aliphatic heterocycles. The number of aromatic nitrogens is 2. The summed E-state index contributed by atoms with van der Waals surface area (Å²) in [5, 5.41) is 21.9. The van der Waals surface area contributed by atoms with Crippen molar-refractivity contribution in [2.75, 3.05) is 0 Å². The molecule has 0 unspecified atom stereocenters. The van der Waals surface area contributed by atoms with E-state index < -0.39 is 24.2 Å². The third kappa shape index (κ3) is 5.37. The van der Waals surface area contributed by atoms with E-state index in [1.54, 1.807) is 29.0 Å². The monoisotopic (exact) mass is 480 g/mol. The van der Waals surface area contributed by atoms with Gasteiger partial charge in [-0.05, 0) is 36.4 Å². The van der Waals surface area contributed by atoms with Crippen LogP contribution in [0.25, 0.3) is 11.0 Å². The number of carboxylic acids is 1. The number of fused-ring (bicyclic) bond motifs is 1. The second-order valence-corrected chi connectivity index (χ2v) is 7.50. The van der Waals surface area contributed by atoms with Gasteiger partial charge in [0.1, 0.15) is 29.6 Å². The van der Waals surface area contributed by atoms with Gasteiger partial charge in [-0.2, -0.15) is 0 Å². The average Bonchev–Trinajstić information content (AvgIpc) is 3.12. The van der Waals surface area contributed by atoms with Gasteiger partial charge in [-0.1, -0.05) is 11.6 Å². The van der Waals surface area contributed by atoms with Crippen LogP contribution < -0.4 is 39.4 Å². The Morgan fingerprint density at radius 2 is 1.91 bits per heavy atom. The van der Waals surface area contributed by atoms with Gasteiger partial charge in [0.2, 0.25) is 0 Å². The van der Waals surface area contributed by atoms with Crippen LogP contribution >= 0.6 is 11.6 Å². The SMILES string of the molecule is O=C([O-])c1ccnc2c1c(CO)cn2Cc1cc(Cl)ccc1OCc1ccc(F)cc1F.[Na+]. The van der Waals surface area contributed by atoms with Crippen molar-refractivity contribution in [3.8, 4) is 5.75 Å². The zero-order chi connectivity index (χ0) is 22.8. The van der Waals surface area contributed by atoms with Crippen molar-refractivity contribution in [2.45, 2.75) is 19.8 Å². The molecule has 0 aliphatic rings. The van der Waals surface area contributed by atoms with Gasteiger partial charge >= 0.3 is 29.6 Å². The van der Waals surface area contributed by atoms with E-state index in [0.29, 0.717) is 27.5 Å². The number of pyridine rings is 1. The van der Waals surface area contributed by atoms with Crippen molar-refractivity contribution < 1.29 is 58.1 Å². The molecule has 2 aromatic carbocycles. The Bertz CT molecular complexity index is 1330. The first-order valence-electron chi connectivity index (χ1n) is 9.51. The molecule has 0 spiro atoms. The molecule has 1 N–H and O–H groups in total. The molecule has 0 bridgehead atoms. The fourth-order valence-electron chi connectivity index (χ4n) is 3.50. The number of aromatic carboxylic acids is 1. The van der Waals surface area contributed by atoms with Gasteiger partial charge in [0.05, 0.1) is 19.1 Å². The Kier molecular flexibility index (Phi) is 8.10. The van der Waals surface area contributed by atoms with Gasteiger partial charge in [-0.25, -0.2) is 13.8 Å². The number of ether oxygens (including phenoxy) is 1. The Morgan fingerprint density at radius 1 is 1.12 bits per heavy atom. The summed E-state index contributed by atoms with van der Waals surface area (Å²) in [7, 11) is 0. The molecule has 4 rings (SSSR count). The minimum absolute atomic E-state index is 0. The smallest absolute Gasteiger partial charge is 0.545 e. The van der Waals surface area contributed by atoms with Gasteiger partial charge in [-0.15, -0.1) is 0 Å². The minimum Gasteiger partial charge on any atom is -0.545 e. The fraction of sp³-hybridized carbons (Fsp3) is 0.130. The summed E-state index contributed by atoms with van der Waals surface area (Å²) >= 11 is 6.15. The molecule has 0 saturated heterocycles. The van der Waals surface area contributed by atoms with Crippen LogP contribution in [0.15, 0.2) is 54.9 Å². The third-order valence-electron chi connectivity index (χ3n) is 4.99. The summed E-state index contributed by atoms with van der Waals surface area (Å²) < 4.78 is 34.5. The van der Waals surface area contributed by atoms with Crippen molar-refractivity contribution >= 4 is 28.6 Å². The Hall–Kier alpha value is -2.49. The average molecular weight is 481 g/mol. The number of hydrogen-bond donors (Lipinski definition) is 1. The molecule has 6 nitrogen and oxygen atoms in total.